The summed E-state index contributed by atoms with van der Waals surface area (Å²) in [5, 5.41) is 13.9. The Balaban J connectivity index is 1.69. The molecule has 20 heavy (non-hydrogen) atoms. The van der Waals surface area contributed by atoms with Crippen molar-refractivity contribution in [2.45, 2.75) is 25.1 Å². The minimum atomic E-state index is -0.469. The van der Waals surface area contributed by atoms with E-state index in [9.17, 15) is 5.11 Å². The summed E-state index contributed by atoms with van der Waals surface area (Å²) >= 11 is 0. The van der Waals surface area contributed by atoms with Crippen LogP contribution in [0.4, 0.5) is 0 Å². The summed E-state index contributed by atoms with van der Waals surface area (Å²) in [4.78, 5) is 0. The topological polar surface area (TPSA) is 41.5 Å². The fourth-order valence-electron chi connectivity index (χ4n) is 2.76. The third kappa shape index (κ3) is 2.55. The maximum absolute atomic E-state index is 10.4. The molecule has 1 aliphatic carbocycles. The zero-order valence-corrected chi connectivity index (χ0v) is 11.5. The second kappa shape index (κ2) is 5.65. The van der Waals surface area contributed by atoms with Gasteiger partial charge in [0.15, 0.2) is 0 Å². The molecule has 2 aromatic carbocycles. The van der Waals surface area contributed by atoms with Crippen LogP contribution in [0.25, 0.3) is 0 Å². The summed E-state index contributed by atoms with van der Waals surface area (Å²) in [5.74, 6) is 0.798. The van der Waals surface area contributed by atoms with Gasteiger partial charge in [0.1, 0.15) is 5.75 Å². The van der Waals surface area contributed by atoms with Gasteiger partial charge >= 0.3 is 0 Å². The molecule has 0 unspecified atom stereocenters. The lowest BCUT2D eigenvalue weighted by atomic mass is 10.1. The predicted octanol–water partition coefficient (Wildman–Crippen LogP) is 2.44. The molecule has 0 amide bonds. The smallest absolute Gasteiger partial charge is 0.119 e. The minimum absolute atomic E-state index is 0.0670. The number of fused-ring (bicyclic) bond motifs is 1. The second-order valence-electron chi connectivity index (χ2n) is 5.19. The fraction of sp³-hybridized carbons (Fsp3) is 0.294. The van der Waals surface area contributed by atoms with Crippen LogP contribution in [0.2, 0.25) is 0 Å². The van der Waals surface area contributed by atoms with E-state index in [-0.39, 0.29) is 6.04 Å². The molecule has 3 heteroatoms. The summed E-state index contributed by atoms with van der Waals surface area (Å²) in [7, 11) is 1.65. The van der Waals surface area contributed by atoms with E-state index < -0.39 is 6.10 Å². The molecule has 0 saturated carbocycles. The van der Waals surface area contributed by atoms with Crippen molar-refractivity contribution in [1.82, 2.24) is 5.32 Å². The molecule has 0 radical (unpaired) electrons. The van der Waals surface area contributed by atoms with E-state index >= 15 is 0 Å². The molecule has 1 aliphatic rings. The van der Waals surface area contributed by atoms with Crippen molar-refractivity contribution in [3.8, 4) is 5.75 Å². The lowest BCUT2D eigenvalue weighted by Gasteiger charge is -2.17. The molecule has 3 rings (SSSR count). The van der Waals surface area contributed by atoms with Gasteiger partial charge in [0, 0.05) is 12.6 Å². The van der Waals surface area contributed by atoms with Gasteiger partial charge in [-0.2, -0.15) is 0 Å². The second-order valence-corrected chi connectivity index (χ2v) is 5.19. The Kier molecular flexibility index (Phi) is 3.72. The van der Waals surface area contributed by atoms with E-state index in [1.165, 1.54) is 11.1 Å². The van der Waals surface area contributed by atoms with Crippen LogP contribution >= 0.6 is 0 Å². The molecule has 2 aromatic rings. The number of ether oxygens (including phenoxy) is 1. The predicted molar refractivity (Wildman–Crippen MR) is 78.7 cm³/mol. The van der Waals surface area contributed by atoms with Gasteiger partial charge in [0.25, 0.3) is 0 Å². The van der Waals surface area contributed by atoms with Crippen LogP contribution < -0.4 is 10.1 Å². The molecular weight excluding hydrogens is 250 g/mol. The molecule has 0 saturated heterocycles. The van der Waals surface area contributed by atoms with Crippen molar-refractivity contribution in [2.24, 2.45) is 0 Å². The maximum Gasteiger partial charge on any atom is 0.119 e. The highest BCUT2D eigenvalue weighted by molar-refractivity contribution is 5.41. The van der Waals surface area contributed by atoms with Gasteiger partial charge in [-0.25, -0.2) is 0 Å². The third-order valence-electron chi connectivity index (χ3n) is 3.90. The van der Waals surface area contributed by atoms with Crippen molar-refractivity contribution in [3.05, 3.63) is 65.2 Å². The molecule has 0 bridgehead atoms. The highest BCUT2D eigenvalue weighted by Crippen LogP contribution is 2.34. The van der Waals surface area contributed by atoms with Gasteiger partial charge in [0.2, 0.25) is 0 Å². The highest BCUT2D eigenvalue weighted by Gasteiger charge is 2.30. The standard InChI is InChI=1S/C17H19NO2/c1-20-14-8-7-13-9-16(17(19)15(13)10-14)18-11-12-5-3-2-4-6-12/h2-8,10,16-19H,9,11H2,1H3/t16-,17-/m1/s1. The Morgan fingerprint density at radius 3 is 2.75 bits per heavy atom. The van der Waals surface area contributed by atoms with E-state index in [4.69, 9.17) is 4.74 Å². The summed E-state index contributed by atoms with van der Waals surface area (Å²) in [6, 6.07) is 16.2. The summed E-state index contributed by atoms with van der Waals surface area (Å²) in [6.07, 6.45) is 0.386. The zero-order chi connectivity index (χ0) is 13.9. The van der Waals surface area contributed by atoms with Gasteiger partial charge in [-0.05, 0) is 35.2 Å². The number of hydrogen-bond donors (Lipinski definition) is 2. The van der Waals surface area contributed by atoms with Crippen LogP contribution in [0.15, 0.2) is 48.5 Å². The third-order valence-corrected chi connectivity index (χ3v) is 3.90. The van der Waals surface area contributed by atoms with Gasteiger partial charge in [-0.15, -0.1) is 0 Å². The number of methoxy groups -OCH3 is 1. The van der Waals surface area contributed by atoms with Crippen LogP contribution in [-0.4, -0.2) is 18.3 Å². The Hall–Kier alpha value is -1.84. The Bertz CT molecular complexity index is 583. The Morgan fingerprint density at radius 1 is 1.20 bits per heavy atom. The number of benzene rings is 2. The van der Waals surface area contributed by atoms with Gasteiger partial charge in [-0.3, -0.25) is 0 Å². The van der Waals surface area contributed by atoms with Crippen LogP contribution in [-0.2, 0) is 13.0 Å². The summed E-state index contributed by atoms with van der Waals surface area (Å²) in [5.41, 5.74) is 3.41. The van der Waals surface area contributed by atoms with Crippen molar-refractivity contribution in [3.63, 3.8) is 0 Å². The first-order valence-corrected chi connectivity index (χ1v) is 6.90. The van der Waals surface area contributed by atoms with Crippen LogP contribution in [0.5, 0.6) is 5.75 Å². The van der Waals surface area contributed by atoms with Crippen LogP contribution in [0.1, 0.15) is 22.8 Å². The normalized spacial score (nSPS) is 20.7. The average molecular weight is 269 g/mol. The molecular formula is C17H19NO2. The molecule has 0 spiro atoms. The Labute approximate surface area is 119 Å². The maximum atomic E-state index is 10.4. The van der Waals surface area contributed by atoms with E-state index in [0.29, 0.717) is 0 Å². The molecule has 0 aromatic heterocycles. The zero-order valence-electron chi connectivity index (χ0n) is 11.5. The number of rotatable bonds is 4. The first-order chi connectivity index (χ1) is 9.78. The number of hydrogen-bond acceptors (Lipinski definition) is 3. The molecule has 104 valence electrons. The van der Waals surface area contributed by atoms with Crippen molar-refractivity contribution in [2.75, 3.05) is 7.11 Å². The molecule has 0 fully saturated rings. The fourth-order valence-corrected chi connectivity index (χ4v) is 2.76. The molecule has 0 aliphatic heterocycles. The quantitative estimate of drug-likeness (QED) is 0.896. The van der Waals surface area contributed by atoms with Gasteiger partial charge < -0.3 is 15.2 Å². The van der Waals surface area contributed by atoms with E-state index in [2.05, 4.69) is 17.4 Å². The highest BCUT2D eigenvalue weighted by atomic mass is 16.5. The molecule has 2 atom stereocenters. The van der Waals surface area contributed by atoms with Crippen molar-refractivity contribution < 1.29 is 9.84 Å². The first kappa shape index (κ1) is 13.2. The summed E-state index contributed by atoms with van der Waals surface area (Å²) in [6.45, 7) is 0.772. The lowest BCUT2D eigenvalue weighted by Crippen LogP contribution is -2.32. The van der Waals surface area contributed by atoms with E-state index in [1.54, 1.807) is 7.11 Å². The molecule has 2 N–H and O–H groups in total. The van der Waals surface area contributed by atoms with Gasteiger partial charge in [-0.1, -0.05) is 36.4 Å². The lowest BCUT2D eigenvalue weighted by molar-refractivity contribution is 0.141. The number of aliphatic hydroxyl groups is 1. The van der Waals surface area contributed by atoms with Gasteiger partial charge in [0.05, 0.1) is 13.2 Å². The SMILES string of the molecule is COc1ccc2c(c1)[C@@H](O)[C@H](NCc1ccccc1)C2. The first-order valence-electron chi connectivity index (χ1n) is 6.90. The number of aliphatic hydroxyl groups excluding tert-OH is 1. The van der Waals surface area contributed by atoms with Crippen molar-refractivity contribution >= 4 is 0 Å². The average Bonchev–Trinajstić information content (AvgIpc) is 2.82. The molecule has 3 nitrogen and oxygen atoms in total. The minimum Gasteiger partial charge on any atom is -0.497 e. The number of nitrogens with one attached hydrogen (secondary N) is 1. The monoisotopic (exact) mass is 269 g/mol. The van der Waals surface area contributed by atoms with E-state index in [1.807, 2.05) is 36.4 Å². The summed E-state index contributed by atoms with van der Waals surface area (Å²) < 4.78 is 5.22. The van der Waals surface area contributed by atoms with Crippen LogP contribution in [0.3, 0.4) is 0 Å². The van der Waals surface area contributed by atoms with Crippen molar-refractivity contribution in [1.29, 1.82) is 0 Å². The Morgan fingerprint density at radius 2 is 2.00 bits per heavy atom. The molecule has 0 heterocycles. The van der Waals surface area contributed by atoms with E-state index in [0.717, 1.165) is 24.3 Å². The van der Waals surface area contributed by atoms with Crippen LogP contribution in [0, 0.1) is 0 Å². The largest absolute Gasteiger partial charge is 0.497 e.